The number of ether oxygens (including phenoxy) is 1. The van der Waals surface area contributed by atoms with E-state index in [1.807, 2.05) is 53.4 Å². The lowest BCUT2D eigenvalue weighted by Crippen LogP contribution is -2.48. The molecule has 1 saturated heterocycles. The smallest absolute Gasteiger partial charge is 0.254 e. The minimum atomic E-state index is 0.0964. The topological polar surface area (TPSA) is 29.5 Å². The number of carbonyl (C=O) groups excluding carboxylic acids is 1. The van der Waals surface area contributed by atoms with E-state index < -0.39 is 0 Å². The minimum Gasteiger partial charge on any atom is -0.488 e. The van der Waals surface area contributed by atoms with Crippen LogP contribution in [0.4, 0.5) is 0 Å². The van der Waals surface area contributed by atoms with Crippen LogP contribution in [0, 0.1) is 9.49 Å². The molecule has 0 atom stereocenters. The van der Waals surface area contributed by atoms with Gasteiger partial charge < -0.3 is 9.64 Å². The van der Waals surface area contributed by atoms with Gasteiger partial charge in [0.15, 0.2) is 0 Å². The summed E-state index contributed by atoms with van der Waals surface area (Å²) in [4.78, 5) is 14.3. The summed E-state index contributed by atoms with van der Waals surface area (Å²) < 4.78 is 6.90. The van der Waals surface area contributed by atoms with Crippen LogP contribution in [0.5, 0.6) is 5.75 Å². The molecule has 2 aromatic carbocycles. The highest BCUT2D eigenvalue weighted by molar-refractivity contribution is 14.1. The van der Waals surface area contributed by atoms with E-state index in [2.05, 4.69) is 29.5 Å². The molecule has 0 N–H and O–H groups in total. The second-order valence-electron chi connectivity index (χ2n) is 5.73. The monoisotopic (exact) mass is 407 g/mol. The predicted octanol–water partition coefficient (Wildman–Crippen LogP) is 3.96. The molecular weight excluding hydrogens is 389 g/mol. The highest BCUT2D eigenvalue weighted by atomic mass is 127. The molecule has 1 aliphatic heterocycles. The molecule has 0 aliphatic carbocycles. The van der Waals surface area contributed by atoms with E-state index in [0.717, 1.165) is 28.0 Å². The van der Waals surface area contributed by atoms with Gasteiger partial charge in [-0.2, -0.15) is 0 Å². The molecule has 0 saturated carbocycles. The third-order valence-electron chi connectivity index (χ3n) is 3.77. The van der Waals surface area contributed by atoms with Crippen molar-refractivity contribution in [1.29, 1.82) is 0 Å². The number of carbonyl (C=O) groups is 1. The van der Waals surface area contributed by atoms with Crippen molar-refractivity contribution in [2.75, 3.05) is 13.1 Å². The molecule has 4 heteroatoms. The minimum absolute atomic E-state index is 0.0964. The fourth-order valence-electron chi connectivity index (χ4n) is 2.53. The van der Waals surface area contributed by atoms with Crippen molar-refractivity contribution < 1.29 is 9.53 Å². The van der Waals surface area contributed by atoms with Gasteiger partial charge in [-0.25, -0.2) is 0 Å². The van der Waals surface area contributed by atoms with E-state index in [1.54, 1.807) is 0 Å². The van der Waals surface area contributed by atoms with Crippen LogP contribution in [0.25, 0.3) is 0 Å². The molecule has 3 nitrogen and oxygen atoms in total. The largest absolute Gasteiger partial charge is 0.488 e. The Hall–Kier alpha value is -1.56. The Labute approximate surface area is 144 Å². The third kappa shape index (κ3) is 3.43. The summed E-state index contributed by atoms with van der Waals surface area (Å²) in [5, 5.41) is 0. The number of hydrogen-bond donors (Lipinski definition) is 0. The molecule has 114 valence electrons. The van der Waals surface area contributed by atoms with Crippen molar-refractivity contribution in [1.82, 2.24) is 4.90 Å². The first kappa shape index (κ1) is 15.3. The molecule has 1 fully saturated rings. The normalized spacial score (nSPS) is 14.5. The van der Waals surface area contributed by atoms with Crippen LogP contribution in [0.15, 0.2) is 48.5 Å². The second-order valence-corrected chi connectivity index (χ2v) is 6.90. The molecule has 3 rings (SSSR count). The van der Waals surface area contributed by atoms with E-state index in [9.17, 15) is 4.79 Å². The quantitative estimate of drug-likeness (QED) is 0.719. The number of benzene rings is 2. The molecule has 0 spiro atoms. The maximum absolute atomic E-state index is 12.4. The zero-order valence-corrected chi connectivity index (χ0v) is 14.6. The molecule has 0 bridgehead atoms. The van der Waals surface area contributed by atoms with Crippen LogP contribution in [0.2, 0.25) is 0 Å². The number of nitrogens with zero attached hydrogens (tertiary/aromatic N) is 1. The van der Waals surface area contributed by atoms with Gasteiger partial charge in [0.2, 0.25) is 0 Å². The van der Waals surface area contributed by atoms with Gasteiger partial charge in [-0.15, -0.1) is 0 Å². The lowest BCUT2D eigenvalue weighted by molar-refractivity contribution is 0.0530. The van der Waals surface area contributed by atoms with Gasteiger partial charge >= 0.3 is 0 Å². The third-order valence-corrected chi connectivity index (χ3v) is 4.66. The van der Waals surface area contributed by atoms with Crippen molar-refractivity contribution in [2.24, 2.45) is 5.92 Å². The van der Waals surface area contributed by atoms with Gasteiger partial charge in [0, 0.05) is 18.7 Å². The maximum Gasteiger partial charge on any atom is 0.254 e. The number of amides is 1. The molecule has 22 heavy (non-hydrogen) atoms. The van der Waals surface area contributed by atoms with Gasteiger partial charge in [0.1, 0.15) is 12.4 Å². The van der Waals surface area contributed by atoms with Crippen LogP contribution >= 0.6 is 22.6 Å². The van der Waals surface area contributed by atoms with Crippen molar-refractivity contribution in [2.45, 2.75) is 13.5 Å². The highest BCUT2D eigenvalue weighted by Crippen LogP contribution is 2.26. The molecule has 1 aliphatic rings. The molecule has 1 amide bonds. The first-order chi connectivity index (χ1) is 10.6. The van der Waals surface area contributed by atoms with E-state index in [-0.39, 0.29) is 5.91 Å². The Bertz CT molecular complexity index is 666. The Morgan fingerprint density at radius 2 is 1.95 bits per heavy atom. The number of hydrogen-bond acceptors (Lipinski definition) is 2. The lowest BCUT2D eigenvalue weighted by Gasteiger charge is -2.37. The average molecular weight is 407 g/mol. The van der Waals surface area contributed by atoms with Crippen LogP contribution < -0.4 is 4.74 Å². The summed E-state index contributed by atoms with van der Waals surface area (Å²) in [6.07, 6.45) is 0. The first-order valence-electron chi connectivity index (χ1n) is 7.39. The fraction of sp³-hybridized carbons (Fsp3) is 0.278. The molecular formula is C18H18INO2. The van der Waals surface area contributed by atoms with Crippen LogP contribution in [0.3, 0.4) is 0 Å². The van der Waals surface area contributed by atoms with Crippen LogP contribution in [-0.2, 0) is 6.61 Å². The molecule has 1 heterocycles. The number of rotatable bonds is 4. The summed E-state index contributed by atoms with van der Waals surface area (Å²) in [7, 11) is 0. The SMILES string of the molecule is CC1CN(C(=O)c2ccc(I)c(OCc3ccccc3)c2)C1. The zero-order chi connectivity index (χ0) is 15.5. The van der Waals surface area contributed by atoms with E-state index in [4.69, 9.17) is 4.74 Å². The summed E-state index contributed by atoms with van der Waals surface area (Å²) in [6, 6.07) is 15.7. The van der Waals surface area contributed by atoms with Crippen molar-refractivity contribution in [3.8, 4) is 5.75 Å². The van der Waals surface area contributed by atoms with Gasteiger partial charge in [-0.05, 0) is 52.3 Å². The van der Waals surface area contributed by atoms with Gasteiger partial charge in [-0.3, -0.25) is 4.79 Å². The Morgan fingerprint density at radius 3 is 2.64 bits per heavy atom. The van der Waals surface area contributed by atoms with Crippen molar-refractivity contribution in [3.05, 3.63) is 63.2 Å². The summed E-state index contributed by atoms with van der Waals surface area (Å²) in [5.41, 5.74) is 1.82. The van der Waals surface area contributed by atoms with Crippen molar-refractivity contribution >= 4 is 28.5 Å². The van der Waals surface area contributed by atoms with Crippen LogP contribution in [0.1, 0.15) is 22.8 Å². The Balaban J connectivity index is 1.71. The predicted molar refractivity (Wildman–Crippen MR) is 95.0 cm³/mol. The van der Waals surface area contributed by atoms with E-state index in [0.29, 0.717) is 18.1 Å². The molecule has 0 unspecified atom stereocenters. The maximum atomic E-state index is 12.4. The van der Waals surface area contributed by atoms with Crippen LogP contribution in [-0.4, -0.2) is 23.9 Å². The fourth-order valence-corrected chi connectivity index (χ4v) is 3.02. The highest BCUT2D eigenvalue weighted by Gasteiger charge is 2.28. The van der Waals surface area contributed by atoms with Gasteiger partial charge in [0.05, 0.1) is 3.57 Å². The van der Waals surface area contributed by atoms with Gasteiger partial charge in [-0.1, -0.05) is 37.3 Å². The Morgan fingerprint density at radius 1 is 1.23 bits per heavy atom. The van der Waals surface area contributed by atoms with E-state index >= 15 is 0 Å². The molecule has 2 aromatic rings. The summed E-state index contributed by atoms with van der Waals surface area (Å²) in [5.74, 6) is 1.48. The number of likely N-dealkylation sites (tertiary alicyclic amines) is 1. The molecule has 0 radical (unpaired) electrons. The first-order valence-corrected chi connectivity index (χ1v) is 8.47. The van der Waals surface area contributed by atoms with Gasteiger partial charge in [0.25, 0.3) is 5.91 Å². The zero-order valence-electron chi connectivity index (χ0n) is 12.5. The lowest BCUT2D eigenvalue weighted by atomic mass is 10.0. The second kappa shape index (κ2) is 6.69. The van der Waals surface area contributed by atoms with Crippen molar-refractivity contribution in [3.63, 3.8) is 0 Å². The Kier molecular flexibility index (Phi) is 4.66. The average Bonchev–Trinajstić information content (AvgIpc) is 2.51. The standard InChI is InChI=1S/C18H18INO2/c1-13-10-20(11-13)18(21)15-7-8-16(19)17(9-15)22-12-14-5-3-2-4-6-14/h2-9,13H,10-12H2,1H3. The van der Waals surface area contributed by atoms with E-state index in [1.165, 1.54) is 0 Å². The summed E-state index contributed by atoms with van der Waals surface area (Å²) in [6.45, 7) is 4.37. The molecule has 0 aromatic heterocycles. The number of halogens is 1. The summed E-state index contributed by atoms with van der Waals surface area (Å²) >= 11 is 2.24.